The first-order valence-electron chi connectivity index (χ1n) is 12.1. The van der Waals surface area contributed by atoms with Crippen molar-refractivity contribution in [3.05, 3.63) is 70.6 Å². The second kappa shape index (κ2) is 13.6. The fraction of sp³-hybridized carbons (Fsp3) is 0.444. The van der Waals surface area contributed by atoms with Gasteiger partial charge in [0.1, 0.15) is 11.4 Å². The maximum atomic E-state index is 14.3. The summed E-state index contributed by atoms with van der Waals surface area (Å²) in [5.74, 6) is -0.259. The lowest BCUT2D eigenvalue weighted by Crippen LogP contribution is -2.34. The first-order chi connectivity index (χ1) is 17.2. The van der Waals surface area contributed by atoms with Gasteiger partial charge in [0, 0.05) is 42.8 Å². The Hall–Kier alpha value is -2.65. The summed E-state index contributed by atoms with van der Waals surface area (Å²) in [7, 11) is 0. The Labute approximate surface area is 216 Å². The molecule has 0 saturated carbocycles. The van der Waals surface area contributed by atoms with E-state index < -0.39 is 11.7 Å². The number of ether oxygens (including phenoxy) is 3. The lowest BCUT2D eigenvalue weighted by molar-refractivity contribution is 0.0403. The number of hydrogen-bond acceptors (Lipinski definition) is 5. The monoisotopic (exact) mass is 519 g/mol. The Bertz CT molecular complexity index is 1110. The van der Waals surface area contributed by atoms with Crippen LogP contribution in [0.3, 0.4) is 0 Å². The van der Waals surface area contributed by atoms with Gasteiger partial charge in [-0.25, -0.2) is 9.18 Å². The second-order valence-electron chi connectivity index (χ2n) is 9.40. The summed E-state index contributed by atoms with van der Waals surface area (Å²) in [6.07, 6.45) is 1.52. The van der Waals surface area contributed by atoms with Crippen molar-refractivity contribution in [2.24, 2.45) is 0 Å². The molecule has 0 bridgehead atoms. The van der Waals surface area contributed by atoms with Crippen LogP contribution in [-0.4, -0.2) is 55.8 Å². The van der Waals surface area contributed by atoms with E-state index in [4.69, 9.17) is 25.8 Å². The largest absolute Gasteiger partial charge is 0.444 e. The number of carbonyl (C=O) groups excluding carboxylic acids is 1. The molecule has 0 atom stereocenters. The van der Waals surface area contributed by atoms with Crippen molar-refractivity contribution in [3.8, 4) is 0 Å². The van der Waals surface area contributed by atoms with E-state index in [-0.39, 0.29) is 5.82 Å². The number of alkyl carbamates (subject to hydrolysis) is 1. The molecule has 0 fully saturated rings. The molecule has 0 aliphatic carbocycles. The predicted molar refractivity (Wildman–Crippen MR) is 140 cm³/mol. The Morgan fingerprint density at radius 3 is 2.39 bits per heavy atom. The van der Waals surface area contributed by atoms with Gasteiger partial charge in [-0.05, 0) is 62.2 Å². The summed E-state index contributed by atoms with van der Waals surface area (Å²) in [5, 5.41) is 7.66. The summed E-state index contributed by atoms with van der Waals surface area (Å²) in [6.45, 7) is 9.40. The van der Waals surface area contributed by atoms with Crippen molar-refractivity contribution < 1.29 is 23.4 Å². The highest BCUT2D eigenvalue weighted by molar-refractivity contribution is 6.30. The third-order valence-corrected chi connectivity index (χ3v) is 5.48. The topological polar surface area (TPSA) is 73.8 Å². The van der Waals surface area contributed by atoms with Gasteiger partial charge in [-0.2, -0.15) is 0 Å². The lowest BCUT2D eigenvalue weighted by atomic mass is 10.1. The van der Waals surface area contributed by atoms with Gasteiger partial charge in [0.15, 0.2) is 0 Å². The Morgan fingerprint density at radius 2 is 1.69 bits per heavy atom. The Kier molecular flexibility index (Phi) is 10.6. The number of amides is 1. The van der Waals surface area contributed by atoms with Crippen LogP contribution in [0, 0.1) is 5.82 Å². The normalized spacial score (nSPS) is 11.7. The minimum absolute atomic E-state index is 0.259. The molecular weight excluding hydrogens is 485 g/mol. The van der Waals surface area contributed by atoms with Gasteiger partial charge in [0.2, 0.25) is 0 Å². The van der Waals surface area contributed by atoms with Crippen LogP contribution in [-0.2, 0) is 27.3 Å². The van der Waals surface area contributed by atoms with E-state index in [2.05, 4.69) is 10.6 Å². The van der Waals surface area contributed by atoms with Gasteiger partial charge in [-0.1, -0.05) is 23.7 Å². The van der Waals surface area contributed by atoms with Gasteiger partial charge >= 0.3 is 6.09 Å². The maximum Gasteiger partial charge on any atom is 0.407 e. The smallest absolute Gasteiger partial charge is 0.407 e. The van der Waals surface area contributed by atoms with Crippen LogP contribution in [0.25, 0.3) is 10.9 Å². The van der Waals surface area contributed by atoms with E-state index in [1.165, 1.54) is 0 Å². The van der Waals surface area contributed by atoms with Gasteiger partial charge in [0.25, 0.3) is 0 Å². The number of halogens is 2. The summed E-state index contributed by atoms with van der Waals surface area (Å²) < 4.78 is 32.5. The Morgan fingerprint density at radius 1 is 1.00 bits per heavy atom. The molecule has 0 saturated heterocycles. The molecule has 7 nitrogen and oxygen atoms in total. The standard InChI is InChI=1S/C27H35ClFN3O4/c1-27(2,3)36-26(33)31-10-13-35-15-14-34-12-9-30-18-21-16-23(29)17-25-24(21)8-11-32(25)19-20-4-6-22(28)7-5-20/h4-8,11,16-17,30H,9-10,12-15,18-19H2,1-3H3,(H,31,33). The quantitative estimate of drug-likeness (QED) is 0.306. The van der Waals surface area contributed by atoms with Gasteiger partial charge in [0.05, 0.1) is 31.9 Å². The summed E-state index contributed by atoms with van der Waals surface area (Å²) in [5.41, 5.74) is 2.34. The van der Waals surface area contributed by atoms with Gasteiger partial charge in [-0.15, -0.1) is 0 Å². The summed E-state index contributed by atoms with van der Waals surface area (Å²) in [6, 6.07) is 12.8. The highest BCUT2D eigenvalue weighted by Crippen LogP contribution is 2.23. The molecule has 36 heavy (non-hydrogen) atoms. The highest BCUT2D eigenvalue weighted by Gasteiger charge is 2.15. The van der Waals surface area contributed by atoms with E-state index >= 15 is 0 Å². The SMILES string of the molecule is CC(C)(C)OC(=O)NCCOCCOCCNCc1cc(F)cc2c1ccn2Cc1ccc(Cl)cc1. The second-order valence-corrected chi connectivity index (χ2v) is 9.83. The molecule has 2 aromatic carbocycles. The lowest BCUT2D eigenvalue weighted by Gasteiger charge is -2.19. The number of rotatable bonds is 13. The van der Waals surface area contributed by atoms with Gasteiger partial charge in [-0.3, -0.25) is 0 Å². The average Bonchev–Trinajstić information content (AvgIpc) is 3.20. The van der Waals surface area contributed by atoms with E-state index in [0.29, 0.717) is 57.6 Å². The van der Waals surface area contributed by atoms with Crippen molar-refractivity contribution in [3.63, 3.8) is 0 Å². The zero-order chi connectivity index (χ0) is 26.0. The van der Waals surface area contributed by atoms with Crippen molar-refractivity contribution in [2.45, 2.75) is 39.5 Å². The van der Waals surface area contributed by atoms with Crippen molar-refractivity contribution in [1.29, 1.82) is 0 Å². The average molecular weight is 520 g/mol. The van der Waals surface area contributed by atoms with Crippen LogP contribution in [0.1, 0.15) is 31.9 Å². The fourth-order valence-electron chi connectivity index (χ4n) is 3.63. The van der Waals surface area contributed by atoms with Crippen molar-refractivity contribution in [2.75, 3.05) is 39.5 Å². The molecular formula is C27H35ClFN3O4. The third-order valence-electron chi connectivity index (χ3n) is 5.23. The van der Waals surface area contributed by atoms with Crippen LogP contribution in [0.2, 0.25) is 5.02 Å². The molecule has 0 unspecified atom stereocenters. The first kappa shape index (κ1) is 27.9. The highest BCUT2D eigenvalue weighted by atomic mass is 35.5. The molecule has 1 heterocycles. The number of nitrogens with zero attached hydrogens (tertiary/aromatic N) is 1. The number of benzene rings is 2. The van der Waals surface area contributed by atoms with Crippen LogP contribution in [0.4, 0.5) is 9.18 Å². The molecule has 0 aliphatic rings. The molecule has 1 amide bonds. The van der Waals surface area contributed by atoms with Crippen LogP contribution in [0.15, 0.2) is 48.7 Å². The van der Waals surface area contributed by atoms with E-state index in [1.54, 1.807) is 12.1 Å². The maximum absolute atomic E-state index is 14.3. The number of fused-ring (bicyclic) bond motifs is 1. The molecule has 0 radical (unpaired) electrons. The van der Waals surface area contributed by atoms with E-state index in [1.807, 2.05) is 61.9 Å². The van der Waals surface area contributed by atoms with Crippen molar-refractivity contribution in [1.82, 2.24) is 15.2 Å². The van der Waals surface area contributed by atoms with E-state index in [0.717, 1.165) is 22.0 Å². The predicted octanol–water partition coefficient (Wildman–Crippen LogP) is 5.13. The van der Waals surface area contributed by atoms with Crippen LogP contribution in [0.5, 0.6) is 0 Å². The number of aromatic nitrogens is 1. The molecule has 196 valence electrons. The first-order valence-corrected chi connectivity index (χ1v) is 12.4. The molecule has 0 aliphatic heterocycles. The Balaban J connectivity index is 1.33. The van der Waals surface area contributed by atoms with Gasteiger partial charge < -0.3 is 29.4 Å². The molecule has 2 N–H and O–H groups in total. The van der Waals surface area contributed by atoms with E-state index in [9.17, 15) is 9.18 Å². The minimum atomic E-state index is -0.517. The molecule has 1 aromatic heterocycles. The molecule has 9 heteroatoms. The van der Waals surface area contributed by atoms with Crippen molar-refractivity contribution >= 4 is 28.6 Å². The fourth-order valence-corrected chi connectivity index (χ4v) is 3.76. The summed E-state index contributed by atoms with van der Waals surface area (Å²) in [4.78, 5) is 11.5. The van der Waals surface area contributed by atoms with Crippen LogP contribution < -0.4 is 10.6 Å². The molecule has 3 aromatic rings. The zero-order valence-corrected chi connectivity index (χ0v) is 21.9. The summed E-state index contributed by atoms with van der Waals surface area (Å²) >= 11 is 5.97. The number of carbonyl (C=O) groups is 1. The number of nitrogens with one attached hydrogen (secondary N) is 2. The van der Waals surface area contributed by atoms with Crippen LogP contribution >= 0.6 is 11.6 Å². The third kappa shape index (κ3) is 9.43. The molecule has 3 rings (SSSR count). The zero-order valence-electron chi connectivity index (χ0n) is 21.1. The number of hydrogen-bond donors (Lipinski definition) is 2. The minimum Gasteiger partial charge on any atom is -0.444 e. The molecule has 0 spiro atoms.